The largest absolute Gasteiger partial charge is 0.481 e. The number of aliphatic hydroxyl groups is 1. The zero-order valence-electron chi connectivity index (χ0n) is 11.1. The highest BCUT2D eigenvalue weighted by molar-refractivity contribution is 5.71. The molecule has 0 saturated carbocycles. The summed E-state index contributed by atoms with van der Waals surface area (Å²) in [5.41, 5.74) is -2.41. The van der Waals surface area contributed by atoms with E-state index in [1.807, 2.05) is 0 Å². The summed E-state index contributed by atoms with van der Waals surface area (Å²) in [6.45, 7) is 0.908. The van der Waals surface area contributed by atoms with Crippen molar-refractivity contribution in [3.8, 4) is 0 Å². The number of aromatic nitrogens is 3. The SMILES string of the molecule is CC(C(=O)O)C(O)(Cn1cncn1)c1ccc(F)cc1F. The maximum Gasteiger partial charge on any atom is 0.309 e. The van der Waals surface area contributed by atoms with Crippen molar-refractivity contribution in [2.45, 2.75) is 19.1 Å². The molecule has 2 unspecified atom stereocenters. The fraction of sp³-hybridized carbons (Fsp3) is 0.308. The van der Waals surface area contributed by atoms with Crippen LogP contribution in [0.2, 0.25) is 0 Å². The number of hydrogen-bond acceptors (Lipinski definition) is 4. The van der Waals surface area contributed by atoms with E-state index in [0.717, 1.165) is 12.1 Å². The van der Waals surface area contributed by atoms with Gasteiger partial charge in [-0.2, -0.15) is 5.10 Å². The molecule has 0 fully saturated rings. The normalized spacial score (nSPS) is 15.4. The molecule has 0 spiro atoms. The molecule has 8 heteroatoms. The highest BCUT2D eigenvalue weighted by atomic mass is 19.1. The molecule has 0 bridgehead atoms. The van der Waals surface area contributed by atoms with Crippen LogP contribution >= 0.6 is 0 Å². The summed E-state index contributed by atoms with van der Waals surface area (Å²) in [5, 5.41) is 23.7. The van der Waals surface area contributed by atoms with Gasteiger partial charge in [-0.3, -0.25) is 4.79 Å². The van der Waals surface area contributed by atoms with Gasteiger partial charge in [0, 0.05) is 11.6 Å². The van der Waals surface area contributed by atoms with Crippen LogP contribution in [0, 0.1) is 17.6 Å². The third-order valence-electron chi connectivity index (χ3n) is 3.35. The molecule has 2 rings (SSSR count). The van der Waals surface area contributed by atoms with Gasteiger partial charge >= 0.3 is 5.97 Å². The Kier molecular flexibility index (Phi) is 3.99. The summed E-state index contributed by atoms with van der Waals surface area (Å²) in [6.07, 6.45) is 2.47. The van der Waals surface area contributed by atoms with Gasteiger partial charge in [0.25, 0.3) is 0 Å². The van der Waals surface area contributed by atoms with E-state index in [-0.39, 0.29) is 12.1 Å². The molecule has 6 nitrogen and oxygen atoms in total. The number of carbonyl (C=O) groups is 1. The second kappa shape index (κ2) is 5.57. The van der Waals surface area contributed by atoms with E-state index >= 15 is 0 Å². The van der Waals surface area contributed by atoms with Gasteiger partial charge in [-0.15, -0.1) is 0 Å². The molecule has 112 valence electrons. The number of halogens is 2. The number of aliphatic carboxylic acids is 1. The summed E-state index contributed by atoms with van der Waals surface area (Å²) in [5.74, 6) is -4.50. The van der Waals surface area contributed by atoms with Crippen molar-refractivity contribution in [2.75, 3.05) is 0 Å². The molecule has 2 atom stereocenters. The zero-order chi connectivity index (χ0) is 15.6. The van der Waals surface area contributed by atoms with Crippen molar-refractivity contribution in [3.63, 3.8) is 0 Å². The van der Waals surface area contributed by atoms with Gasteiger partial charge in [-0.1, -0.05) is 6.07 Å². The molecule has 0 aliphatic rings. The predicted molar refractivity (Wildman–Crippen MR) is 67.1 cm³/mol. The molecule has 2 aromatic rings. The number of rotatable bonds is 5. The molecule has 1 heterocycles. The Bertz CT molecular complexity index is 648. The lowest BCUT2D eigenvalue weighted by Gasteiger charge is -2.32. The topological polar surface area (TPSA) is 88.2 Å². The van der Waals surface area contributed by atoms with Crippen molar-refractivity contribution in [3.05, 3.63) is 48.1 Å². The molecule has 0 aliphatic carbocycles. The molecular formula is C13H13F2N3O3. The summed E-state index contributed by atoms with van der Waals surface area (Å²) in [7, 11) is 0. The molecule has 2 N–H and O–H groups in total. The first kappa shape index (κ1) is 15.0. The first-order valence-electron chi connectivity index (χ1n) is 6.07. The third kappa shape index (κ3) is 2.89. The molecular weight excluding hydrogens is 284 g/mol. The van der Waals surface area contributed by atoms with Crippen molar-refractivity contribution < 1.29 is 23.8 Å². The summed E-state index contributed by atoms with van der Waals surface area (Å²) in [6, 6.07) is 2.58. The van der Waals surface area contributed by atoms with E-state index in [4.69, 9.17) is 5.11 Å². The van der Waals surface area contributed by atoms with Gasteiger partial charge in [0.1, 0.15) is 29.9 Å². The molecule has 0 radical (unpaired) electrons. The van der Waals surface area contributed by atoms with Crippen LogP contribution in [0.25, 0.3) is 0 Å². The molecule has 21 heavy (non-hydrogen) atoms. The van der Waals surface area contributed by atoms with E-state index in [2.05, 4.69) is 10.1 Å². The summed E-state index contributed by atoms with van der Waals surface area (Å²) in [4.78, 5) is 14.9. The number of carboxylic acids is 1. The summed E-state index contributed by atoms with van der Waals surface area (Å²) >= 11 is 0. The average molecular weight is 297 g/mol. The van der Waals surface area contributed by atoms with Crippen LogP contribution in [-0.4, -0.2) is 30.9 Å². The van der Waals surface area contributed by atoms with Crippen LogP contribution in [0.1, 0.15) is 12.5 Å². The molecule has 1 aromatic carbocycles. The smallest absolute Gasteiger partial charge is 0.309 e. The van der Waals surface area contributed by atoms with Crippen molar-refractivity contribution >= 4 is 5.97 Å². The maximum absolute atomic E-state index is 14.0. The van der Waals surface area contributed by atoms with Gasteiger partial charge in [0.05, 0.1) is 12.5 Å². The van der Waals surface area contributed by atoms with Crippen molar-refractivity contribution in [1.82, 2.24) is 14.8 Å². The van der Waals surface area contributed by atoms with E-state index in [1.54, 1.807) is 0 Å². The van der Waals surface area contributed by atoms with E-state index in [0.29, 0.717) is 6.07 Å². The number of benzene rings is 1. The standard InChI is InChI=1S/C13H13F2N3O3/c1-8(12(19)20)13(21,5-18-7-16-6-17-18)10-3-2-9(14)4-11(10)15/h2-4,6-8,21H,5H2,1H3,(H,19,20). The van der Waals surface area contributed by atoms with E-state index in [9.17, 15) is 18.7 Å². The molecule has 0 saturated heterocycles. The number of hydrogen-bond donors (Lipinski definition) is 2. The maximum atomic E-state index is 14.0. The van der Waals surface area contributed by atoms with Crippen LogP contribution < -0.4 is 0 Å². The minimum atomic E-state index is -2.10. The lowest BCUT2D eigenvalue weighted by Crippen LogP contribution is -2.42. The number of carboxylic acid groups (broad SMARTS) is 1. The molecule has 0 aliphatic heterocycles. The first-order chi connectivity index (χ1) is 9.84. The minimum absolute atomic E-state index is 0.311. The van der Waals surface area contributed by atoms with Crippen LogP contribution in [0.3, 0.4) is 0 Å². The quantitative estimate of drug-likeness (QED) is 0.864. The Morgan fingerprint density at radius 2 is 2.19 bits per heavy atom. The van der Waals surface area contributed by atoms with Crippen LogP contribution in [0.4, 0.5) is 8.78 Å². The van der Waals surface area contributed by atoms with Crippen LogP contribution in [0.5, 0.6) is 0 Å². The second-order valence-corrected chi connectivity index (χ2v) is 4.70. The molecule has 1 aromatic heterocycles. The van der Waals surface area contributed by atoms with Crippen molar-refractivity contribution in [1.29, 1.82) is 0 Å². The Labute approximate surface area is 118 Å². The number of nitrogens with zero attached hydrogens (tertiary/aromatic N) is 3. The lowest BCUT2D eigenvalue weighted by atomic mass is 9.81. The fourth-order valence-corrected chi connectivity index (χ4v) is 2.06. The van der Waals surface area contributed by atoms with Crippen molar-refractivity contribution in [2.24, 2.45) is 5.92 Å². The van der Waals surface area contributed by atoms with Gasteiger partial charge in [0.15, 0.2) is 0 Å². The Morgan fingerprint density at radius 3 is 2.71 bits per heavy atom. The lowest BCUT2D eigenvalue weighted by molar-refractivity contribution is -0.153. The third-order valence-corrected chi connectivity index (χ3v) is 3.35. The monoisotopic (exact) mass is 297 g/mol. The Hall–Kier alpha value is -2.35. The van der Waals surface area contributed by atoms with Gasteiger partial charge < -0.3 is 10.2 Å². The highest BCUT2D eigenvalue weighted by Gasteiger charge is 2.42. The van der Waals surface area contributed by atoms with Gasteiger partial charge in [-0.05, 0) is 13.0 Å². The van der Waals surface area contributed by atoms with E-state index < -0.39 is 29.1 Å². The predicted octanol–water partition coefficient (Wildman–Crippen LogP) is 1.16. The van der Waals surface area contributed by atoms with E-state index in [1.165, 1.54) is 24.3 Å². The second-order valence-electron chi connectivity index (χ2n) is 4.70. The van der Waals surface area contributed by atoms with Gasteiger partial charge in [0.2, 0.25) is 0 Å². The summed E-state index contributed by atoms with van der Waals surface area (Å²) < 4.78 is 28.1. The van der Waals surface area contributed by atoms with Crippen LogP contribution in [0.15, 0.2) is 30.9 Å². The minimum Gasteiger partial charge on any atom is -0.481 e. The Morgan fingerprint density at radius 1 is 1.48 bits per heavy atom. The Balaban J connectivity index is 2.51. The molecule has 0 amide bonds. The average Bonchev–Trinajstić information content (AvgIpc) is 2.89. The first-order valence-corrected chi connectivity index (χ1v) is 6.07. The van der Waals surface area contributed by atoms with Crippen LogP contribution in [-0.2, 0) is 16.9 Å². The zero-order valence-corrected chi connectivity index (χ0v) is 11.1. The fourth-order valence-electron chi connectivity index (χ4n) is 2.06. The highest BCUT2D eigenvalue weighted by Crippen LogP contribution is 2.33. The van der Waals surface area contributed by atoms with Gasteiger partial charge in [-0.25, -0.2) is 18.4 Å².